The molecule has 10 heteroatoms. The first kappa shape index (κ1) is 34.0. The topological polar surface area (TPSA) is 108 Å². The fourth-order valence-electron chi connectivity index (χ4n) is 5.80. The molecule has 248 valence electrons. The van der Waals surface area contributed by atoms with Crippen molar-refractivity contribution in [2.45, 2.75) is 43.9 Å². The van der Waals surface area contributed by atoms with Gasteiger partial charge in [-0.1, -0.05) is 61.5 Å². The van der Waals surface area contributed by atoms with Gasteiger partial charge in [0, 0.05) is 36.8 Å². The van der Waals surface area contributed by atoms with Crippen molar-refractivity contribution in [2.75, 3.05) is 38.6 Å². The number of likely N-dealkylation sites (N-methyl/N-ethyl adjacent to an activating group) is 1. The van der Waals surface area contributed by atoms with E-state index in [-0.39, 0.29) is 41.9 Å². The summed E-state index contributed by atoms with van der Waals surface area (Å²) in [5, 5.41) is 9.98. The van der Waals surface area contributed by atoms with E-state index in [1.54, 1.807) is 35.2 Å². The minimum absolute atomic E-state index is 0.000813. The molecular weight excluding hydrogens is 614 g/mol. The van der Waals surface area contributed by atoms with E-state index in [9.17, 15) is 18.3 Å². The van der Waals surface area contributed by atoms with Gasteiger partial charge >= 0.3 is 0 Å². The van der Waals surface area contributed by atoms with E-state index in [4.69, 9.17) is 9.47 Å². The second kappa shape index (κ2) is 15.0. The number of amides is 1. The van der Waals surface area contributed by atoms with E-state index >= 15 is 0 Å². The molecule has 47 heavy (non-hydrogen) atoms. The minimum Gasteiger partial charge on any atom is -0.497 e. The van der Waals surface area contributed by atoms with E-state index in [1.165, 1.54) is 30.4 Å². The Morgan fingerprint density at radius 3 is 2.34 bits per heavy atom. The maximum atomic E-state index is 13.6. The molecule has 0 saturated carbocycles. The Bertz CT molecular complexity index is 1750. The van der Waals surface area contributed by atoms with Crippen LogP contribution in [0.3, 0.4) is 0 Å². The number of rotatable bonds is 11. The number of aliphatic hydroxyl groups excluding tert-OH is 1. The zero-order chi connectivity index (χ0) is 33.6. The largest absolute Gasteiger partial charge is 0.497 e. The van der Waals surface area contributed by atoms with Crippen LogP contribution in [0.2, 0.25) is 0 Å². The molecule has 0 fully saturated rings. The van der Waals surface area contributed by atoms with Crippen molar-refractivity contribution >= 4 is 21.6 Å². The monoisotopic (exact) mass is 657 g/mol. The van der Waals surface area contributed by atoms with Gasteiger partial charge in [-0.05, 0) is 73.1 Å². The van der Waals surface area contributed by atoms with E-state index in [0.29, 0.717) is 42.4 Å². The first-order chi connectivity index (χ1) is 22.6. The van der Waals surface area contributed by atoms with Crippen LogP contribution >= 0.6 is 0 Å². The lowest BCUT2D eigenvalue weighted by Crippen LogP contribution is -2.47. The molecule has 4 aromatic rings. The van der Waals surface area contributed by atoms with E-state index in [2.05, 4.69) is 52.9 Å². The highest BCUT2D eigenvalue weighted by molar-refractivity contribution is 7.92. The number of hydrogen-bond acceptors (Lipinski definition) is 7. The van der Waals surface area contributed by atoms with Crippen LogP contribution in [0.4, 0.5) is 5.69 Å². The number of hydrogen-bond donors (Lipinski definition) is 2. The van der Waals surface area contributed by atoms with Gasteiger partial charge in [-0.2, -0.15) is 0 Å². The van der Waals surface area contributed by atoms with Gasteiger partial charge in [0.25, 0.3) is 10.0 Å². The third-order valence-electron chi connectivity index (χ3n) is 8.54. The quantitative estimate of drug-likeness (QED) is 0.221. The number of ether oxygens (including phenoxy) is 2. The van der Waals surface area contributed by atoms with Crippen LogP contribution in [0.1, 0.15) is 25.0 Å². The van der Waals surface area contributed by atoms with Crippen molar-refractivity contribution in [3.05, 3.63) is 108 Å². The highest BCUT2D eigenvalue weighted by atomic mass is 32.2. The summed E-state index contributed by atoms with van der Waals surface area (Å²) in [7, 11) is -0.333. The molecule has 0 aromatic heterocycles. The Labute approximate surface area is 277 Å². The lowest BCUT2D eigenvalue weighted by Gasteiger charge is -2.34. The molecule has 4 aromatic carbocycles. The van der Waals surface area contributed by atoms with Gasteiger partial charge in [-0.15, -0.1) is 0 Å². The number of nitrogens with zero attached hydrogens (tertiary/aromatic N) is 2. The molecule has 0 unspecified atom stereocenters. The fraction of sp³-hybridized carbons (Fsp3) is 0.324. The molecule has 0 saturated heterocycles. The molecule has 0 bridgehead atoms. The van der Waals surface area contributed by atoms with Gasteiger partial charge in [0.05, 0.1) is 31.1 Å². The summed E-state index contributed by atoms with van der Waals surface area (Å²) >= 11 is 0. The number of carbonyl (C=O) groups excluding carboxylic acids is 1. The first-order valence-electron chi connectivity index (χ1n) is 15.8. The van der Waals surface area contributed by atoms with Gasteiger partial charge in [-0.3, -0.25) is 14.4 Å². The summed E-state index contributed by atoms with van der Waals surface area (Å²) in [5.74, 6) is 0.858. The average molecular weight is 658 g/mol. The van der Waals surface area contributed by atoms with Crippen LogP contribution in [0.25, 0.3) is 11.1 Å². The Hall–Kier alpha value is -4.38. The normalized spacial score (nSPS) is 17.6. The fourth-order valence-corrected chi connectivity index (χ4v) is 6.85. The van der Waals surface area contributed by atoms with Gasteiger partial charge in [-0.25, -0.2) is 8.42 Å². The Morgan fingerprint density at radius 2 is 1.68 bits per heavy atom. The maximum Gasteiger partial charge on any atom is 0.261 e. The summed E-state index contributed by atoms with van der Waals surface area (Å²) in [4.78, 5) is 17.6. The van der Waals surface area contributed by atoms with Gasteiger partial charge in [0.1, 0.15) is 17.6 Å². The van der Waals surface area contributed by atoms with Gasteiger partial charge in [0.15, 0.2) is 0 Å². The highest BCUT2D eigenvalue weighted by Crippen LogP contribution is 2.30. The number of nitrogens with one attached hydrogen (secondary N) is 1. The minimum atomic E-state index is -3.90. The van der Waals surface area contributed by atoms with Crippen molar-refractivity contribution in [3.8, 4) is 22.6 Å². The average Bonchev–Trinajstić information content (AvgIpc) is 3.12. The van der Waals surface area contributed by atoms with Crippen LogP contribution in [0.15, 0.2) is 102 Å². The van der Waals surface area contributed by atoms with Crippen molar-refractivity contribution in [3.63, 3.8) is 0 Å². The third kappa shape index (κ3) is 8.51. The summed E-state index contributed by atoms with van der Waals surface area (Å²) in [6, 6.07) is 29.6. The molecule has 1 aliphatic heterocycles. The summed E-state index contributed by atoms with van der Waals surface area (Å²) in [5.41, 5.74) is 4.39. The van der Waals surface area contributed by atoms with Crippen LogP contribution < -0.4 is 14.2 Å². The highest BCUT2D eigenvalue weighted by Gasteiger charge is 2.31. The Morgan fingerprint density at radius 1 is 1.00 bits per heavy atom. The van der Waals surface area contributed by atoms with Crippen molar-refractivity contribution < 1.29 is 27.8 Å². The standard InChI is InChI=1S/C37H43N3O6S/c1-26-22-40(27(2)25-41)37(42)21-31-20-32(38-47(43,44)34-17-15-33(45-4)16-18-34)14-19-35(31)46-36(26)24-39(3)23-28-10-12-30(13-11-28)29-8-6-5-7-9-29/h5-20,26-27,36,38,41H,21-25H2,1-4H3/t26-,27-,36+/m1/s1. The number of carbonyl (C=O) groups is 1. The van der Waals surface area contributed by atoms with Crippen molar-refractivity contribution in [2.24, 2.45) is 5.92 Å². The number of aliphatic hydroxyl groups is 1. The molecule has 2 N–H and O–H groups in total. The molecular formula is C37H43N3O6S. The van der Waals surface area contributed by atoms with Crippen LogP contribution in [-0.2, 0) is 27.8 Å². The molecule has 5 rings (SSSR count). The number of benzene rings is 4. The van der Waals surface area contributed by atoms with Crippen LogP contribution in [0, 0.1) is 5.92 Å². The zero-order valence-corrected chi connectivity index (χ0v) is 28.1. The lowest BCUT2D eigenvalue weighted by molar-refractivity contribution is -0.134. The molecule has 1 heterocycles. The Kier molecular flexibility index (Phi) is 10.9. The second-order valence-electron chi connectivity index (χ2n) is 12.3. The molecule has 0 aliphatic carbocycles. The lowest BCUT2D eigenvalue weighted by atomic mass is 10.0. The number of sulfonamides is 1. The Balaban J connectivity index is 1.37. The maximum absolute atomic E-state index is 13.6. The molecule has 3 atom stereocenters. The van der Waals surface area contributed by atoms with E-state index < -0.39 is 10.0 Å². The number of methoxy groups -OCH3 is 1. The van der Waals surface area contributed by atoms with Gasteiger partial charge < -0.3 is 19.5 Å². The predicted molar refractivity (Wildman–Crippen MR) is 184 cm³/mol. The van der Waals surface area contributed by atoms with Crippen LogP contribution in [0.5, 0.6) is 11.5 Å². The second-order valence-corrected chi connectivity index (χ2v) is 13.9. The van der Waals surface area contributed by atoms with Crippen LogP contribution in [-0.4, -0.2) is 75.2 Å². The molecule has 1 amide bonds. The number of anilines is 1. The molecule has 1 aliphatic rings. The molecule has 9 nitrogen and oxygen atoms in total. The van der Waals surface area contributed by atoms with Gasteiger partial charge in [0.2, 0.25) is 5.91 Å². The number of fused-ring (bicyclic) bond motifs is 1. The summed E-state index contributed by atoms with van der Waals surface area (Å²) in [6.45, 7) is 5.41. The molecule has 0 radical (unpaired) electrons. The first-order valence-corrected chi connectivity index (χ1v) is 17.2. The van der Waals surface area contributed by atoms with E-state index in [0.717, 1.165) is 5.56 Å². The van der Waals surface area contributed by atoms with E-state index in [1.807, 2.05) is 32.2 Å². The summed E-state index contributed by atoms with van der Waals surface area (Å²) in [6.07, 6.45) is -0.288. The smallest absolute Gasteiger partial charge is 0.261 e. The summed E-state index contributed by atoms with van der Waals surface area (Å²) < 4.78 is 40.7. The van der Waals surface area contributed by atoms with Crippen molar-refractivity contribution in [1.29, 1.82) is 0 Å². The zero-order valence-electron chi connectivity index (χ0n) is 27.3. The van der Waals surface area contributed by atoms with Crippen molar-refractivity contribution in [1.82, 2.24) is 9.80 Å². The molecule has 0 spiro atoms. The third-order valence-corrected chi connectivity index (χ3v) is 9.94. The SMILES string of the molecule is COc1ccc(S(=O)(=O)Nc2ccc3c(c2)CC(=O)N([C@H](C)CO)C[C@@H](C)[C@H](CN(C)Cc2ccc(-c4ccccc4)cc2)O3)cc1. The predicted octanol–water partition coefficient (Wildman–Crippen LogP) is 5.44.